The van der Waals surface area contributed by atoms with Crippen LogP contribution in [0.1, 0.15) is 15.9 Å². The lowest BCUT2D eigenvalue weighted by atomic mass is 10.1. The molecule has 7 nitrogen and oxygen atoms in total. The van der Waals surface area contributed by atoms with Crippen LogP contribution in [0.15, 0.2) is 53.5 Å². The van der Waals surface area contributed by atoms with Gasteiger partial charge in [-0.15, -0.1) is 0 Å². The molecule has 0 aliphatic carbocycles. The van der Waals surface area contributed by atoms with E-state index in [1.54, 1.807) is 34.8 Å². The minimum absolute atomic E-state index is 0.143. The fourth-order valence-corrected chi connectivity index (χ4v) is 3.62. The van der Waals surface area contributed by atoms with Gasteiger partial charge in [0, 0.05) is 50.9 Å². The molecule has 140 valence electrons. The summed E-state index contributed by atoms with van der Waals surface area (Å²) in [6.07, 6.45) is 1.67. The molecule has 0 radical (unpaired) electrons. The Labute approximate surface area is 162 Å². The second-order valence-corrected chi connectivity index (χ2v) is 6.74. The lowest BCUT2D eigenvalue weighted by Gasteiger charge is -2.35. The van der Waals surface area contributed by atoms with Crippen molar-refractivity contribution in [1.82, 2.24) is 14.5 Å². The lowest BCUT2D eigenvalue weighted by Crippen LogP contribution is -2.49. The van der Waals surface area contributed by atoms with Gasteiger partial charge in [0.25, 0.3) is 11.5 Å². The van der Waals surface area contributed by atoms with Gasteiger partial charge in [0.1, 0.15) is 11.9 Å². The van der Waals surface area contributed by atoms with Crippen LogP contribution in [0, 0.1) is 11.3 Å². The SMILES string of the molecule is Cn1c(=O)cc(C(=O)N2CCN(c3ncccc3C#N)CC2)c2ccccc21. The first-order valence-electron chi connectivity index (χ1n) is 9.08. The average Bonchev–Trinajstić information content (AvgIpc) is 2.76. The van der Waals surface area contributed by atoms with Gasteiger partial charge in [-0.3, -0.25) is 9.59 Å². The summed E-state index contributed by atoms with van der Waals surface area (Å²) in [5.41, 5.74) is 1.50. The van der Waals surface area contributed by atoms with E-state index in [0.29, 0.717) is 43.1 Å². The summed E-state index contributed by atoms with van der Waals surface area (Å²) in [7, 11) is 1.71. The lowest BCUT2D eigenvalue weighted by molar-refractivity contribution is 0.0748. The normalized spacial score (nSPS) is 14.1. The van der Waals surface area contributed by atoms with Crippen molar-refractivity contribution in [3.05, 3.63) is 70.1 Å². The molecule has 0 bridgehead atoms. The second-order valence-electron chi connectivity index (χ2n) is 6.74. The topological polar surface area (TPSA) is 82.2 Å². The van der Waals surface area contributed by atoms with Crippen LogP contribution in [0.5, 0.6) is 0 Å². The van der Waals surface area contributed by atoms with Crippen LogP contribution in [0.3, 0.4) is 0 Å². The van der Waals surface area contributed by atoms with E-state index in [0.717, 1.165) is 10.9 Å². The molecule has 1 saturated heterocycles. The van der Waals surface area contributed by atoms with Crippen molar-refractivity contribution in [1.29, 1.82) is 5.26 Å². The Morgan fingerprint density at radius 2 is 1.86 bits per heavy atom. The fourth-order valence-electron chi connectivity index (χ4n) is 3.62. The van der Waals surface area contributed by atoms with Gasteiger partial charge in [-0.25, -0.2) is 4.98 Å². The zero-order valence-electron chi connectivity index (χ0n) is 15.5. The number of para-hydroxylation sites is 1. The number of carbonyl (C=O) groups excluding carboxylic acids is 1. The van der Waals surface area contributed by atoms with Crippen molar-refractivity contribution in [3.8, 4) is 6.07 Å². The van der Waals surface area contributed by atoms with Crippen LogP contribution in [0.4, 0.5) is 5.82 Å². The zero-order chi connectivity index (χ0) is 19.7. The molecule has 2 aromatic heterocycles. The molecule has 1 aromatic carbocycles. The van der Waals surface area contributed by atoms with Crippen LogP contribution < -0.4 is 10.5 Å². The fraction of sp³-hybridized carbons (Fsp3) is 0.238. The van der Waals surface area contributed by atoms with Crippen molar-refractivity contribution in [2.45, 2.75) is 0 Å². The highest BCUT2D eigenvalue weighted by Crippen LogP contribution is 2.21. The Hall–Kier alpha value is -3.66. The van der Waals surface area contributed by atoms with E-state index in [1.807, 2.05) is 29.2 Å². The first-order chi connectivity index (χ1) is 13.6. The third-order valence-electron chi connectivity index (χ3n) is 5.16. The number of benzene rings is 1. The highest BCUT2D eigenvalue weighted by Gasteiger charge is 2.25. The second kappa shape index (κ2) is 7.16. The Balaban J connectivity index is 1.59. The number of piperazine rings is 1. The molecule has 28 heavy (non-hydrogen) atoms. The minimum atomic E-state index is -0.201. The predicted octanol–water partition coefficient (Wildman–Crippen LogP) is 1.77. The molecule has 0 unspecified atom stereocenters. The molecule has 1 amide bonds. The number of hydrogen-bond acceptors (Lipinski definition) is 5. The Morgan fingerprint density at radius 3 is 2.61 bits per heavy atom. The minimum Gasteiger partial charge on any atom is -0.352 e. The Morgan fingerprint density at radius 1 is 1.11 bits per heavy atom. The third kappa shape index (κ3) is 2.99. The van der Waals surface area contributed by atoms with E-state index >= 15 is 0 Å². The van der Waals surface area contributed by atoms with Crippen molar-refractivity contribution in [2.24, 2.45) is 7.05 Å². The first kappa shape index (κ1) is 17.7. The molecule has 0 N–H and O–H groups in total. The van der Waals surface area contributed by atoms with Crippen molar-refractivity contribution in [3.63, 3.8) is 0 Å². The zero-order valence-corrected chi connectivity index (χ0v) is 15.5. The number of aromatic nitrogens is 2. The van der Waals surface area contributed by atoms with Crippen molar-refractivity contribution < 1.29 is 4.79 Å². The summed E-state index contributed by atoms with van der Waals surface area (Å²) in [6, 6.07) is 14.5. The van der Waals surface area contributed by atoms with Crippen molar-refractivity contribution in [2.75, 3.05) is 31.1 Å². The third-order valence-corrected chi connectivity index (χ3v) is 5.16. The van der Waals surface area contributed by atoms with Crippen LogP contribution in [-0.2, 0) is 7.05 Å². The Kier molecular flexibility index (Phi) is 4.53. The number of aryl methyl sites for hydroxylation is 1. The quantitative estimate of drug-likeness (QED) is 0.684. The smallest absolute Gasteiger partial charge is 0.254 e. The number of hydrogen-bond donors (Lipinski definition) is 0. The summed E-state index contributed by atoms with van der Waals surface area (Å²) in [5, 5.41) is 10.0. The van der Waals surface area contributed by atoms with E-state index < -0.39 is 0 Å². The first-order valence-corrected chi connectivity index (χ1v) is 9.08. The van der Waals surface area contributed by atoms with E-state index in [9.17, 15) is 14.9 Å². The molecular weight excluding hydrogens is 354 g/mol. The summed E-state index contributed by atoms with van der Waals surface area (Å²) in [4.78, 5) is 33.5. The van der Waals surface area contributed by atoms with E-state index in [2.05, 4.69) is 11.1 Å². The number of pyridine rings is 2. The van der Waals surface area contributed by atoms with Gasteiger partial charge in [-0.1, -0.05) is 18.2 Å². The molecule has 3 aromatic rings. The largest absolute Gasteiger partial charge is 0.352 e. The molecular formula is C21H19N5O2. The number of anilines is 1. The number of fused-ring (bicyclic) bond motifs is 1. The molecule has 1 aliphatic rings. The summed E-state index contributed by atoms with van der Waals surface area (Å²) in [6.45, 7) is 2.17. The molecule has 4 rings (SSSR count). The molecule has 0 spiro atoms. The average molecular weight is 373 g/mol. The van der Waals surface area contributed by atoms with Crippen LogP contribution >= 0.6 is 0 Å². The van der Waals surface area contributed by atoms with E-state index in [-0.39, 0.29) is 11.5 Å². The molecule has 1 aliphatic heterocycles. The number of carbonyl (C=O) groups is 1. The van der Waals surface area contributed by atoms with Gasteiger partial charge in [0.05, 0.1) is 16.6 Å². The number of amides is 1. The maximum atomic E-state index is 13.1. The summed E-state index contributed by atoms with van der Waals surface area (Å²) >= 11 is 0. The van der Waals surface area contributed by atoms with Crippen molar-refractivity contribution >= 4 is 22.6 Å². The molecule has 1 fully saturated rings. The molecule has 0 atom stereocenters. The van der Waals surface area contributed by atoms with E-state index in [4.69, 9.17) is 0 Å². The highest BCUT2D eigenvalue weighted by molar-refractivity contribution is 6.06. The standard InChI is InChI=1S/C21H19N5O2/c1-24-18-7-3-2-6-16(18)17(13-19(24)27)21(28)26-11-9-25(10-12-26)20-15(14-22)5-4-8-23-20/h2-8,13H,9-12H2,1H3. The van der Waals surface area contributed by atoms with E-state index in [1.165, 1.54) is 6.07 Å². The van der Waals surface area contributed by atoms with Gasteiger partial charge in [-0.05, 0) is 18.2 Å². The van der Waals surface area contributed by atoms with Gasteiger partial charge in [0.2, 0.25) is 0 Å². The maximum absolute atomic E-state index is 13.1. The molecule has 7 heteroatoms. The Bertz CT molecular complexity index is 1150. The monoisotopic (exact) mass is 373 g/mol. The van der Waals surface area contributed by atoms with Gasteiger partial charge >= 0.3 is 0 Å². The van der Waals surface area contributed by atoms with Crippen LogP contribution in [0.25, 0.3) is 10.9 Å². The summed E-state index contributed by atoms with van der Waals surface area (Å²) in [5.74, 6) is 0.506. The molecule has 3 heterocycles. The van der Waals surface area contributed by atoms with Crippen LogP contribution in [-0.4, -0.2) is 46.5 Å². The molecule has 0 saturated carbocycles. The summed E-state index contributed by atoms with van der Waals surface area (Å²) < 4.78 is 1.55. The van der Waals surface area contributed by atoms with Gasteiger partial charge in [-0.2, -0.15) is 5.26 Å². The highest BCUT2D eigenvalue weighted by atomic mass is 16.2. The van der Waals surface area contributed by atoms with Gasteiger partial charge in [0.15, 0.2) is 0 Å². The predicted molar refractivity (Wildman–Crippen MR) is 106 cm³/mol. The van der Waals surface area contributed by atoms with Gasteiger partial charge < -0.3 is 14.4 Å². The number of rotatable bonds is 2. The number of nitriles is 1. The van der Waals surface area contributed by atoms with Crippen LogP contribution in [0.2, 0.25) is 0 Å². The maximum Gasteiger partial charge on any atom is 0.254 e. The number of nitrogens with zero attached hydrogens (tertiary/aromatic N) is 5.